The average molecular weight is 191 g/mol. The Morgan fingerprint density at radius 1 is 1.36 bits per heavy atom. The molecule has 0 aromatic heterocycles. The Kier molecular flexibility index (Phi) is 3.05. The highest BCUT2D eigenvalue weighted by Crippen LogP contribution is 2.26. The Morgan fingerprint density at radius 2 is 2.00 bits per heavy atom. The highest BCUT2D eigenvalue weighted by atomic mass is 16.3. The number of phenols is 1. The standard InChI is InChI=1S/C11H13NO2/c1-7-4-11(14)9(3)8(2)10(7)5-12-6-13/h4,14H,5H2,1-3H3. The van der Waals surface area contributed by atoms with Crippen LogP contribution >= 0.6 is 0 Å². The van der Waals surface area contributed by atoms with Crippen LogP contribution in [0.1, 0.15) is 22.3 Å². The predicted octanol–water partition coefficient (Wildman–Crippen LogP) is 2.15. The van der Waals surface area contributed by atoms with Gasteiger partial charge < -0.3 is 5.11 Å². The summed E-state index contributed by atoms with van der Waals surface area (Å²) in [6, 6.07) is 1.69. The first kappa shape index (κ1) is 10.5. The zero-order chi connectivity index (χ0) is 10.7. The smallest absolute Gasteiger partial charge is 0.235 e. The Balaban J connectivity index is 3.28. The van der Waals surface area contributed by atoms with Gasteiger partial charge in [0.2, 0.25) is 6.08 Å². The van der Waals surface area contributed by atoms with E-state index in [1.807, 2.05) is 20.8 Å². The van der Waals surface area contributed by atoms with Crippen molar-refractivity contribution in [3.63, 3.8) is 0 Å². The minimum atomic E-state index is 0.291. The van der Waals surface area contributed by atoms with Gasteiger partial charge in [0.25, 0.3) is 0 Å². The summed E-state index contributed by atoms with van der Waals surface area (Å²) in [7, 11) is 0. The fourth-order valence-electron chi connectivity index (χ4n) is 1.47. The van der Waals surface area contributed by atoms with Crippen molar-refractivity contribution in [2.75, 3.05) is 0 Å². The fourth-order valence-corrected chi connectivity index (χ4v) is 1.47. The number of aliphatic imine (C=N–C) groups is 1. The fraction of sp³-hybridized carbons (Fsp3) is 0.364. The van der Waals surface area contributed by atoms with Crippen molar-refractivity contribution < 1.29 is 9.90 Å². The van der Waals surface area contributed by atoms with Crippen LogP contribution < -0.4 is 0 Å². The summed E-state index contributed by atoms with van der Waals surface area (Å²) in [5, 5.41) is 9.52. The molecule has 0 aliphatic carbocycles. The quantitative estimate of drug-likeness (QED) is 0.575. The third kappa shape index (κ3) is 1.83. The summed E-state index contributed by atoms with van der Waals surface area (Å²) in [4.78, 5) is 13.6. The summed E-state index contributed by atoms with van der Waals surface area (Å²) in [5.41, 5.74) is 3.77. The van der Waals surface area contributed by atoms with Gasteiger partial charge in [-0.15, -0.1) is 0 Å². The molecule has 0 amide bonds. The first-order valence-electron chi connectivity index (χ1n) is 4.40. The van der Waals surface area contributed by atoms with Gasteiger partial charge in [0.1, 0.15) is 5.75 Å². The molecule has 14 heavy (non-hydrogen) atoms. The van der Waals surface area contributed by atoms with Crippen molar-refractivity contribution in [3.8, 4) is 5.75 Å². The third-order valence-corrected chi connectivity index (χ3v) is 2.53. The van der Waals surface area contributed by atoms with E-state index in [0.29, 0.717) is 12.3 Å². The Morgan fingerprint density at radius 3 is 2.57 bits per heavy atom. The van der Waals surface area contributed by atoms with Gasteiger partial charge >= 0.3 is 0 Å². The molecule has 1 aromatic rings. The van der Waals surface area contributed by atoms with E-state index in [1.165, 1.54) is 6.08 Å². The molecule has 0 fully saturated rings. The molecule has 0 heterocycles. The molecule has 0 saturated carbocycles. The van der Waals surface area contributed by atoms with Crippen molar-refractivity contribution in [1.82, 2.24) is 0 Å². The maximum atomic E-state index is 10.0. The first-order valence-corrected chi connectivity index (χ1v) is 4.40. The summed E-state index contributed by atoms with van der Waals surface area (Å²) < 4.78 is 0. The van der Waals surface area contributed by atoms with Gasteiger partial charge in [-0.1, -0.05) is 0 Å². The molecule has 0 aliphatic heterocycles. The van der Waals surface area contributed by atoms with Crippen molar-refractivity contribution in [1.29, 1.82) is 0 Å². The zero-order valence-electron chi connectivity index (χ0n) is 8.59. The maximum absolute atomic E-state index is 10.0. The molecule has 0 bridgehead atoms. The number of hydrogen-bond donors (Lipinski definition) is 1. The minimum Gasteiger partial charge on any atom is -0.508 e. The highest BCUT2D eigenvalue weighted by molar-refractivity contribution is 5.48. The molecule has 0 atom stereocenters. The maximum Gasteiger partial charge on any atom is 0.235 e. The van der Waals surface area contributed by atoms with Crippen LogP contribution in [0.4, 0.5) is 0 Å². The average Bonchev–Trinajstić information content (AvgIpc) is 2.14. The number of hydrogen-bond acceptors (Lipinski definition) is 3. The van der Waals surface area contributed by atoms with Crippen LogP contribution in [0.15, 0.2) is 11.1 Å². The predicted molar refractivity (Wildman–Crippen MR) is 54.1 cm³/mol. The Hall–Kier alpha value is -1.60. The monoisotopic (exact) mass is 191 g/mol. The molecule has 3 heteroatoms. The largest absolute Gasteiger partial charge is 0.508 e. The molecular weight excluding hydrogens is 178 g/mol. The van der Waals surface area contributed by atoms with E-state index in [0.717, 1.165) is 22.3 Å². The Bertz CT molecular complexity index is 404. The van der Waals surface area contributed by atoms with Crippen molar-refractivity contribution >= 4 is 6.08 Å². The number of benzene rings is 1. The normalized spacial score (nSPS) is 9.64. The second-order valence-corrected chi connectivity index (χ2v) is 3.35. The molecular formula is C11H13NO2. The van der Waals surface area contributed by atoms with E-state index in [9.17, 15) is 9.90 Å². The number of aryl methyl sites for hydroxylation is 1. The summed E-state index contributed by atoms with van der Waals surface area (Å²) >= 11 is 0. The van der Waals surface area contributed by atoms with Crippen LogP contribution in [-0.2, 0) is 11.3 Å². The molecule has 0 saturated heterocycles. The van der Waals surface area contributed by atoms with E-state index in [1.54, 1.807) is 6.07 Å². The van der Waals surface area contributed by atoms with Crippen molar-refractivity contribution in [2.24, 2.45) is 4.99 Å². The number of rotatable bonds is 2. The molecule has 1 rings (SSSR count). The SMILES string of the molecule is Cc1cc(O)c(C)c(C)c1CN=C=O. The van der Waals surface area contributed by atoms with E-state index in [2.05, 4.69) is 4.99 Å². The number of aromatic hydroxyl groups is 1. The lowest BCUT2D eigenvalue weighted by Gasteiger charge is -2.11. The zero-order valence-corrected chi connectivity index (χ0v) is 8.59. The van der Waals surface area contributed by atoms with Crippen LogP contribution in [0.2, 0.25) is 0 Å². The lowest BCUT2D eigenvalue weighted by atomic mass is 9.97. The molecule has 1 aromatic carbocycles. The minimum absolute atomic E-state index is 0.291. The molecule has 0 unspecified atom stereocenters. The van der Waals surface area contributed by atoms with Gasteiger partial charge in [0.05, 0.1) is 6.54 Å². The summed E-state index contributed by atoms with van der Waals surface area (Å²) in [6.45, 7) is 5.99. The van der Waals surface area contributed by atoms with Gasteiger partial charge in [0.15, 0.2) is 0 Å². The van der Waals surface area contributed by atoms with Crippen LogP contribution in [0.3, 0.4) is 0 Å². The van der Waals surface area contributed by atoms with Gasteiger partial charge in [-0.3, -0.25) is 0 Å². The van der Waals surface area contributed by atoms with Gasteiger partial charge in [-0.05, 0) is 49.1 Å². The van der Waals surface area contributed by atoms with Gasteiger partial charge in [-0.2, -0.15) is 0 Å². The Labute approximate surface area is 83.1 Å². The molecule has 3 nitrogen and oxygen atoms in total. The molecule has 0 radical (unpaired) electrons. The number of nitrogens with zero attached hydrogens (tertiary/aromatic N) is 1. The van der Waals surface area contributed by atoms with Crippen molar-refractivity contribution in [2.45, 2.75) is 27.3 Å². The number of isocyanates is 1. The van der Waals surface area contributed by atoms with Crippen LogP contribution in [0.5, 0.6) is 5.75 Å². The van der Waals surface area contributed by atoms with E-state index < -0.39 is 0 Å². The molecule has 74 valence electrons. The second kappa shape index (κ2) is 4.07. The number of phenolic OH excluding ortho intramolecular Hbond substituents is 1. The second-order valence-electron chi connectivity index (χ2n) is 3.35. The number of carbonyl (C=O) groups excluding carboxylic acids is 1. The van der Waals surface area contributed by atoms with Gasteiger partial charge in [0, 0.05) is 0 Å². The van der Waals surface area contributed by atoms with E-state index in [-0.39, 0.29) is 0 Å². The topological polar surface area (TPSA) is 49.7 Å². The van der Waals surface area contributed by atoms with Crippen LogP contribution in [0, 0.1) is 20.8 Å². The molecule has 1 N–H and O–H groups in total. The van der Waals surface area contributed by atoms with Crippen LogP contribution in [0.25, 0.3) is 0 Å². The first-order chi connectivity index (χ1) is 6.57. The van der Waals surface area contributed by atoms with Gasteiger partial charge in [-0.25, -0.2) is 9.79 Å². The molecule has 0 aliphatic rings. The van der Waals surface area contributed by atoms with E-state index >= 15 is 0 Å². The van der Waals surface area contributed by atoms with Crippen molar-refractivity contribution in [3.05, 3.63) is 28.3 Å². The lowest BCUT2D eigenvalue weighted by Crippen LogP contribution is -1.95. The third-order valence-electron chi connectivity index (χ3n) is 2.53. The van der Waals surface area contributed by atoms with E-state index in [4.69, 9.17) is 0 Å². The van der Waals surface area contributed by atoms with Crippen LogP contribution in [-0.4, -0.2) is 11.2 Å². The highest BCUT2D eigenvalue weighted by Gasteiger charge is 2.08. The summed E-state index contributed by atoms with van der Waals surface area (Å²) in [6.07, 6.45) is 1.52. The lowest BCUT2D eigenvalue weighted by molar-refractivity contribution is 0.469. The molecule has 0 spiro atoms. The summed E-state index contributed by atoms with van der Waals surface area (Å²) in [5.74, 6) is 0.291.